The van der Waals surface area contributed by atoms with Crippen molar-refractivity contribution in [2.75, 3.05) is 19.0 Å². The van der Waals surface area contributed by atoms with Crippen LogP contribution < -0.4 is 10.1 Å². The summed E-state index contributed by atoms with van der Waals surface area (Å²) in [4.78, 5) is 23.5. The average molecular weight is 420 g/mol. The van der Waals surface area contributed by atoms with Crippen LogP contribution in [0.5, 0.6) is 5.75 Å². The summed E-state index contributed by atoms with van der Waals surface area (Å²) < 4.78 is 11.3. The Hall–Kier alpha value is -2.34. The molecule has 1 amide bonds. The maximum Gasteiger partial charge on any atom is 0.337 e. The van der Waals surface area contributed by atoms with Gasteiger partial charge in [0.05, 0.1) is 23.8 Å². The highest BCUT2D eigenvalue weighted by Crippen LogP contribution is 2.26. The Morgan fingerprint density at radius 2 is 1.96 bits per heavy atom. The second-order valence-electron chi connectivity index (χ2n) is 5.69. The molecule has 0 bridgehead atoms. The van der Waals surface area contributed by atoms with Crippen LogP contribution in [0.2, 0.25) is 0 Å². The highest BCUT2D eigenvalue weighted by atomic mass is 79.9. The number of esters is 1. The lowest BCUT2D eigenvalue weighted by Crippen LogP contribution is -2.13. The number of carbonyl (C=O) groups excluding carboxylic acids is 2. The number of hydrogen-bond acceptors (Lipinski definition) is 4. The second-order valence-corrected chi connectivity index (χ2v) is 6.55. The molecule has 0 spiro atoms. The van der Waals surface area contributed by atoms with Gasteiger partial charge in [0, 0.05) is 12.1 Å². The number of methoxy groups -OCH3 is 1. The van der Waals surface area contributed by atoms with Gasteiger partial charge in [0.2, 0.25) is 5.91 Å². The Kier molecular flexibility index (Phi) is 7.66. The van der Waals surface area contributed by atoms with Crippen molar-refractivity contribution < 1.29 is 19.1 Å². The SMILES string of the molecule is CCc1ccc(OCCCC(=O)Nc2cccc(C(=O)OC)c2)c(Br)c1. The number of amides is 1. The molecule has 0 unspecified atom stereocenters. The molecule has 2 aromatic rings. The van der Waals surface area contributed by atoms with Gasteiger partial charge in [0.25, 0.3) is 0 Å². The Bertz CT molecular complexity index is 776. The molecule has 26 heavy (non-hydrogen) atoms. The smallest absolute Gasteiger partial charge is 0.337 e. The number of benzene rings is 2. The number of nitrogens with one attached hydrogen (secondary N) is 1. The van der Waals surface area contributed by atoms with E-state index in [0.29, 0.717) is 30.7 Å². The molecule has 0 aliphatic rings. The number of anilines is 1. The van der Waals surface area contributed by atoms with Crippen LogP contribution in [0.1, 0.15) is 35.7 Å². The Morgan fingerprint density at radius 3 is 2.65 bits per heavy atom. The van der Waals surface area contributed by atoms with E-state index in [0.717, 1.165) is 16.6 Å². The van der Waals surface area contributed by atoms with E-state index in [4.69, 9.17) is 4.74 Å². The van der Waals surface area contributed by atoms with Gasteiger partial charge in [-0.1, -0.05) is 19.1 Å². The second kappa shape index (κ2) is 9.97. The standard InChI is InChI=1S/C20H22BrNO4/c1-3-14-9-10-18(17(21)12-14)26-11-5-8-19(23)22-16-7-4-6-15(13-16)20(24)25-2/h4,6-7,9-10,12-13H,3,5,8,11H2,1-2H3,(H,22,23). The molecule has 0 radical (unpaired) electrons. The van der Waals surface area contributed by atoms with E-state index in [2.05, 4.69) is 32.9 Å². The van der Waals surface area contributed by atoms with Crippen molar-refractivity contribution in [2.45, 2.75) is 26.2 Å². The molecule has 0 aliphatic heterocycles. The van der Waals surface area contributed by atoms with Crippen molar-refractivity contribution in [1.29, 1.82) is 0 Å². The number of rotatable bonds is 8. The summed E-state index contributed by atoms with van der Waals surface area (Å²) in [5.74, 6) is 0.207. The summed E-state index contributed by atoms with van der Waals surface area (Å²) in [7, 11) is 1.32. The van der Waals surface area contributed by atoms with Gasteiger partial charge < -0.3 is 14.8 Å². The molecule has 0 atom stereocenters. The van der Waals surface area contributed by atoms with Gasteiger partial charge in [-0.2, -0.15) is 0 Å². The summed E-state index contributed by atoms with van der Waals surface area (Å²) >= 11 is 3.50. The van der Waals surface area contributed by atoms with E-state index < -0.39 is 5.97 Å². The molecule has 6 heteroatoms. The fraction of sp³-hybridized carbons (Fsp3) is 0.300. The predicted octanol–water partition coefficient (Wildman–Crippen LogP) is 4.60. The van der Waals surface area contributed by atoms with Crippen LogP contribution in [0.15, 0.2) is 46.9 Å². The van der Waals surface area contributed by atoms with Crippen LogP contribution in [-0.4, -0.2) is 25.6 Å². The quantitative estimate of drug-likeness (QED) is 0.501. The zero-order valence-electron chi connectivity index (χ0n) is 14.9. The van der Waals surface area contributed by atoms with E-state index >= 15 is 0 Å². The molecule has 0 saturated carbocycles. The number of ether oxygens (including phenoxy) is 2. The van der Waals surface area contributed by atoms with E-state index in [1.165, 1.54) is 12.7 Å². The molecule has 2 rings (SSSR count). The third-order valence-electron chi connectivity index (χ3n) is 3.78. The fourth-order valence-corrected chi connectivity index (χ4v) is 2.90. The van der Waals surface area contributed by atoms with E-state index in [-0.39, 0.29) is 5.91 Å². The van der Waals surface area contributed by atoms with Crippen molar-refractivity contribution in [3.05, 3.63) is 58.1 Å². The van der Waals surface area contributed by atoms with Crippen molar-refractivity contribution in [2.24, 2.45) is 0 Å². The minimum absolute atomic E-state index is 0.129. The number of halogens is 1. The monoisotopic (exact) mass is 419 g/mol. The number of carbonyl (C=O) groups is 2. The first kappa shape index (κ1) is 20.0. The first-order valence-electron chi connectivity index (χ1n) is 8.43. The first-order valence-corrected chi connectivity index (χ1v) is 9.22. The molecule has 0 saturated heterocycles. The van der Waals surface area contributed by atoms with Crippen molar-refractivity contribution >= 4 is 33.5 Å². The highest BCUT2D eigenvalue weighted by Gasteiger charge is 2.08. The minimum Gasteiger partial charge on any atom is -0.492 e. The Morgan fingerprint density at radius 1 is 1.15 bits per heavy atom. The molecule has 1 N–H and O–H groups in total. The van der Waals surface area contributed by atoms with E-state index in [1.807, 2.05) is 18.2 Å². The van der Waals surface area contributed by atoms with Gasteiger partial charge in [0.15, 0.2) is 0 Å². The van der Waals surface area contributed by atoms with Crippen LogP contribution in [0.25, 0.3) is 0 Å². The molecule has 0 aromatic heterocycles. The average Bonchev–Trinajstić information content (AvgIpc) is 2.65. The van der Waals surface area contributed by atoms with Crippen LogP contribution in [0, 0.1) is 0 Å². The van der Waals surface area contributed by atoms with Crippen LogP contribution >= 0.6 is 15.9 Å². The molecule has 2 aromatic carbocycles. The summed E-state index contributed by atoms with van der Waals surface area (Å²) in [6.07, 6.45) is 1.88. The lowest BCUT2D eigenvalue weighted by molar-refractivity contribution is -0.116. The van der Waals surface area contributed by atoms with Crippen LogP contribution in [0.4, 0.5) is 5.69 Å². The Labute approximate surface area is 161 Å². The van der Waals surface area contributed by atoms with E-state index in [1.54, 1.807) is 24.3 Å². The summed E-state index contributed by atoms with van der Waals surface area (Å²) in [5, 5.41) is 2.77. The molecule has 138 valence electrons. The van der Waals surface area contributed by atoms with Crippen LogP contribution in [-0.2, 0) is 16.0 Å². The topological polar surface area (TPSA) is 64.6 Å². The number of hydrogen-bond donors (Lipinski definition) is 1. The molecule has 5 nitrogen and oxygen atoms in total. The maximum atomic E-state index is 12.0. The maximum absolute atomic E-state index is 12.0. The van der Waals surface area contributed by atoms with Crippen molar-refractivity contribution in [1.82, 2.24) is 0 Å². The van der Waals surface area contributed by atoms with Gasteiger partial charge in [0.1, 0.15) is 5.75 Å². The van der Waals surface area contributed by atoms with Crippen molar-refractivity contribution in [3.8, 4) is 5.75 Å². The normalized spacial score (nSPS) is 10.3. The van der Waals surface area contributed by atoms with Crippen LogP contribution in [0.3, 0.4) is 0 Å². The summed E-state index contributed by atoms with van der Waals surface area (Å²) in [6.45, 7) is 2.54. The lowest BCUT2D eigenvalue weighted by Gasteiger charge is -2.10. The van der Waals surface area contributed by atoms with E-state index in [9.17, 15) is 9.59 Å². The highest BCUT2D eigenvalue weighted by molar-refractivity contribution is 9.10. The van der Waals surface area contributed by atoms with Gasteiger partial charge in [-0.25, -0.2) is 4.79 Å². The van der Waals surface area contributed by atoms with Gasteiger partial charge in [-0.3, -0.25) is 4.79 Å². The molecule has 0 aliphatic carbocycles. The minimum atomic E-state index is -0.436. The van der Waals surface area contributed by atoms with Gasteiger partial charge in [-0.15, -0.1) is 0 Å². The van der Waals surface area contributed by atoms with Crippen molar-refractivity contribution in [3.63, 3.8) is 0 Å². The third-order valence-corrected chi connectivity index (χ3v) is 4.40. The zero-order valence-corrected chi connectivity index (χ0v) is 16.5. The lowest BCUT2D eigenvalue weighted by atomic mass is 10.2. The Balaban J connectivity index is 1.78. The summed E-state index contributed by atoms with van der Waals surface area (Å²) in [6, 6.07) is 12.7. The zero-order chi connectivity index (χ0) is 18.9. The largest absolute Gasteiger partial charge is 0.492 e. The first-order chi connectivity index (χ1) is 12.5. The molecular weight excluding hydrogens is 398 g/mol. The summed E-state index contributed by atoms with van der Waals surface area (Å²) in [5.41, 5.74) is 2.20. The van der Waals surface area contributed by atoms with Gasteiger partial charge in [-0.05, 0) is 64.7 Å². The fourth-order valence-electron chi connectivity index (χ4n) is 2.36. The predicted molar refractivity (Wildman–Crippen MR) is 105 cm³/mol. The van der Waals surface area contributed by atoms with Gasteiger partial charge >= 0.3 is 5.97 Å². The number of aryl methyl sites for hydroxylation is 1. The molecular formula is C20H22BrNO4. The molecule has 0 fully saturated rings. The third kappa shape index (κ3) is 5.88. The molecule has 0 heterocycles.